The lowest BCUT2D eigenvalue weighted by molar-refractivity contribution is -0.384. The van der Waals surface area contributed by atoms with Gasteiger partial charge in [0.1, 0.15) is 0 Å². The van der Waals surface area contributed by atoms with E-state index >= 15 is 0 Å². The van der Waals surface area contributed by atoms with Crippen LogP contribution in [0.2, 0.25) is 0 Å². The van der Waals surface area contributed by atoms with Crippen LogP contribution >= 0.6 is 0 Å². The molecule has 3 rings (SSSR count). The summed E-state index contributed by atoms with van der Waals surface area (Å²) in [5, 5.41) is 14.9. The van der Waals surface area contributed by atoms with Crippen LogP contribution in [0.1, 0.15) is 24.5 Å². The number of carbonyl (C=O) groups excluding carboxylic acids is 2. The van der Waals surface area contributed by atoms with Crippen molar-refractivity contribution in [2.75, 3.05) is 6.54 Å². The van der Waals surface area contributed by atoms with Crippen LogP contribution in [0.3, 0.4) is 0 Å². The lowest BCUT2D eigenvalue weighted by Gasteiger charge is -2.16. The van der Waals surface area contributed by atoms with Gasteiger partial charge in [-0.25, -0.2) is 5.43 Å². The maximum Gasteiger partial charge on any atom is 0.270 e. The molecule has 1 aliphatic rings. The highest BCUT2D eigenvalue weighted by molar-refractivity contribution is 6.00. The minimum atomic E-state index is -0.485. The summed E-state index contributed by atoms with van der Waals surface area (Å²) in [4.78, 5) is 36.6. The third-order valence-electron chi connectivity index (χ3n) is 4.61. The summed E-state index contributed by atoms with van der Waals surface area (Å²) in [5.74, 6) is -0.880. The zero-order valence-corrected chi connectivity index (χ0v) is 15.4. The van der Waals surface area contributed by atoms with Crippen molar-refractivity contribution in [3.63, 3.8) is 0 Å². The van der Waals surface area contributed by atoms with Gasteiger partial charge in [0.25, 0.3) is 5.69 Å². The Morgan fingerprint density at radius 1 is 1.25 bits per heavy atom. The summed E-state index contributed by atoms with van der Waals surface area (Å²) >= 11 is 0. The molecule has 28 heavy (non-hydrogen) atoms. The van der Waals surface area contributed by atoms with Gasteiger partial charge in [-0.05, 0) is 12.5 Å². The largest absolute Gasteiger partial charge is 0.338 e. The summed E-state index contributed by atoms with van der Waals surface area (Å²) in [6.07, 6.45) is 0.143. The summed E-state index contributed by atoms with van der Waals surface area (Å²) in [7, 11) is 0. The van der Waals surface area contributed by atoms with Crippen LogP contribution in [0, 0.1) is 16.0 Å². The summed E-state index contributed by atoms with van der Waals surface area (Å²) in [6, 6.07) is 15.6. The van der Waals surface area contributed by atoms with Crippen molar-refractivity contribution < 1.29 is 14.5 Å². The Balaban J connectivity index is 1.60. The third-order valence-corrected chi connectivity index (χ3v) is 4.61. The zero-order valence-electron chi connectivity index (χ0n) is 15.4. The van der Waals surface area contributed by atoms with E-state index in [1.54, 1.807) is 24.0 Å². The number of rotatable bonds is 6. The molecule has 0 spiro atoms. The topological polar surface area (TPSA) is 105 Å². The van der Waals surface area contributed by atoms with Crippen molar-refractivity contribution in [3.8, 4) is 0 Å². The number of nitro groups is 1. The summed E-state index contributed by atoms with van der Waals surface area (Å²) in [5.41, 5.74) is 4.43. The number of non-ortho nitro benzene ring substituents is 1. The van der Waals surface area contributed by atoms with Crippen LogP contribution in [0.4, 0.5) is 5.69 Å². The van der Waals surface area contributed by atoms with E-state index in [9.17, 15) is 19.7 Å². The van der Waals surface area contributed by atoms with Crippen LogP contribution in [0.25, 0.3) is 0 Å². The van der Waals surface area contributed by atoms with Gasteiger partial charge in [0.05, 0.1) is 16.6 Å². The number of nitro benzene ring substituents is 1. The van der Waals surface area contributed by atoms with E-state index in [2.05, 4.69) is 10.5 Å². The first-order valence-electron chi connectivity index (χ1n) is 8.84. The van der Waals surface area contributed by atoms with E-state index in [1.807, 2.05) is 30.3 Å². The number of hydrogen-bond donors (Lipinski definition) is 1. The molecule has 1 unspecified atom stereocenters. The Kier molecular flexibility index (Phi) is 5.78. The Morgan fingerprint density at radius 3 is 2.71 bits per heavy atom. The maximum atomic E-state index is 12.4. The first kappa shape index (κ1) is 19.2. The average Bonchev–Trinajstić information content (AvgIpc) is 3.07. The molecule has 1 atom stereocenters. The molecule has 0 aromatic heterocycles. The van der Waals surface area contributed by atoms with Crippen LogP contribution < -0.4 is 5.43 Å². The predicted octanol–water partition coefficient (Wildman–Crippen LogP) is 2.48. The fourth-order valence-electron chi connectivity index (χ4n) is 3.04. The maximum absolute atomic E-state index is 12.4. The quantitative estimate of drug-likeness (QED) is 0.472. The second-order valence-corrected chi connectivity index (χ2v) is 6.64. The SMILES string of the molecule is CC(=NNC(=O)C1CC(=O)N(Cc2ccccc2)C1)c1cccc([N+](=O)[O-])c1. The lowest BCUT2D eigenvalue weighted by Crippen LogP contribution is -2.30. The van der Waals surface area contributed by atoms with Gasteiger partial charge in [-0.3, -0.25) is 19.7 Å². The van der Waals surface area contributed by atoms with Gasteiger partial charge in [-0.15, -0.1) is 0 Å². The van der Waals surface area contributed by atoms with Crippen LogP contribution in [-0.2, 0) is 16.1 Å². The van der Waals surface area contributed by atoms with Crippen molar-refractivity contribution in [1.82, 2.24) is 10.3 Å². The van der Waals surface area contributed by atoms with Crippen molar-refractivity contribution >= 4 is 23.2 Å². The first-order chi connectivity index (χ1) is 13.4. The second-order valence-electron chi connectivity index (χ2n) is 6.64. The molecule has 2 amide bonds. The highest BCUT2D eigenvalue weighted by Gasteiger charge is 2.34. The Bertz CT molecular complexity index is 927. The number of nitrogens with zero attached hydrogens (tertiary/aromatic N) is 3. The van der Waals surface area contributed by atoms with Crippen molar-refractivity contribution in [2.45, 2.75) is 19.9 Å². The predicted molar refractivity (Wildman–Crippen MR) is 103 cm³/mol. The molecule has 8 heteroatoms. The van der Waals surface area contributed by atoms with Crippen molar-refractivity contribution in [3.05, 3.63) is 75.8 Å². The molecule has 1 aliphatic heterocycles. The molecule has 0 bridgehead atoms. The molecule has 1 fully saturated rings. The molecule has 2 aromatic carbocycles. The number of hydrazone groups is 1. The molecular formula is C20H20N4O4. The number of hydrogen-bond acceptors (Lipinski definition) is 5. The van der Waals surface area contributed by atoms with Crippen molar-refractivity contribution in [1.29, 1.82) is 0 Å². The monoisotopic (exact) mass is 380 g/mol. The molecule has 0 radical (unpaired) electrons. The average molecular weight is 380 g/mol. The van der Waals surface area contributed by atoms with E-state index < -0.39 is 10.8 Å². The smallest absolute Gasteiger partial charge is 0.270 e. The first-order valence-corrected chi connectivity index (χ1v) is 8.84. The fourth-order valence-corrected chi connectivity index (χ4v) is 3.04. The molecule has 1 N–H and O–H groups in total. The highest BCUT2D eigenvalue weighted by Crippen LogP contribution is 2.20. The molecule has 8 nitrogen and oxygen atoms in total. The van der Waals surface area contributed by atoms with E-state index in [0.29, 0.717) is 24.4 Å². The summed E-state index contributed by atoms with van der Waals surface area (Å²) in [6.45, 7) is 2.46. The van der Waals surface area contributed by atoms with E-state index in [1.165, 1.54) is 12.1 Å². The molecular weight excluding hydrogens is 360 g/mol. The van der Waals surface area contributed by atoms with Gasteiger partial charge in [0.15, 0.2) is 0 Å². The van der Waals surface area contributed by atoms with Gasteiger partial charge in [0.2, 0.25) is 11.8 Å². The normalized spacial score (nSPS) is 16.9. The minimum Gasteiger partial charge on any atom is -0.338 e. The van der Waals surface area contributed by atoms with Crippen LogP contribution in [-0.4, -0.2) is 33.9 Å². The van der Waals surface area contributed by atoms with Crippen molar-refractivity contribution in [2.24, 2.45) is 11.0 Å². The lowest BCUT2D eigenvalue weighted by atomic mass is 10.1. The molecule has 0 aliphatic carbocycles. The second kappa shape index (κ2) is 8.43. The van der Waals surface area contributed by atoms with E-state index in [4.69, 9.17) is 0 Å². The van der Waals surface area contributed by atoms with E-state index in [0.717, 1.165) is 5.56 Å². The number of carbonyl (C=O) groups is 2. The van der Waals surface area contributed by atoms with Gasteiger partial charge >= 0.3 is 0 Å². The van der Waals surface area contributed by atoms with Crippen LogP contribution in [0.5, 0.6) is 0 Å². The highest BCUT2D eigenvalue weighted by atomic mass is 16.6. The minimum absolute atomic E-state index is 0.0451. The molecule has 144 valence electrons. The number of benzene rings is 2. The Morgan fingerprint density at radius 2 is 2.00 bits per heavy atom. The zero-order chi connectivity index (χ0) is 20.1. The molecule has 2 aromatic rings. The third kappa shape index (κ3) is 4.59. The molecule has 1 saturated heterocycles. The molecule has 0 saturated carbocycles. The summed E-state index contributed by atoms with van der Waals surface area (Å²) < 4.78 is 0. The van der Waals surface area contributed by atoms with Gasteiger partial charge < -0.3 is 4.90 Å². The Labute approximate surface area is 162 Å². The molecule has 1 heterocycles. The Hall–Kier alpha value is -3.55. The number of amides is 2. The van der Waals surface area contributed by atoms with Gasteiger partial charge in [-0.2, -0.15) is 5.10 Å². The fraction of sp³-hybridized carbons (Fsp3) is 0.250. The standard InChI is InChI=1S/C20H20N4O4/c1-14(16-8-5-9-18(10-16)24(27)28)21-22-20(26)17-11-19(25)23(13-17)12-15-6-3-2-4-7-15/h2-10,17H,11-13H2,1H3,(H,22,26). The number of nitrogens with one attached hydrogen (secondary N) is 1. The van der Waals surface area contributed by atoms with E-state index in [-0.39, 0.29) is 23.9 Å². The van der Waals surface area contributed by atoms with Gasteiger partial charge in [0, 0.05) is 37.2 Å². The van der Waals surface area contributed by atoms with Gasteiger partial charge in [-0.1, -0.05) is 42.5 Å². The van der Waals surface area contributed by atoms with Crippen LogP contribution in [0.15, 0.2) is 59.7 Å². The number of likely N-dealkylation sites (tertiary alicyclic amines) is 1.